The van der Waals surface area contributed by atoms with E-state index in [4.69, 9.17) is 4.74 Å². The highest BCUT2D eigenvalue weighted by Crippen LogP contribution is 2.15. The molecule has 0 fully saturated rings. The zero-order valence-corrected chi connectivity index (χ0v) is 12.3. The van der Waals surface area contributed by atoms with Gasteiger partial charge in [-0.1, -0.05) is 12.1 Å². The molecule has 2 rings (SSSR count). The van der Waals surface area contributed by atoms with Gasteiger partial charge in [0.25, 0.3) is 5.56 Å². The summed E-state index contributed by atoms with van der Waals surface area (Å²) < 4.78 is 19.6. The smallest absolute Gasteiger partial charge is 0.328 e. The van der Waals surface area contributed by atoms with E-state index in [0.29, 0.717) is 13.0 Å². The maximum Gasteiger partial charge on any atom is 0.328 e. The van der Waals surface area contributed by atoms with Crippen LogP contribution < -0.4 is 21.3 Å². The number of ether oxygens (including phenoxy) is 1. The maximum absolute atomic E-state index is 13.3. The lowest BCUT2D eigenvalue weighted by Gasteiger charge is -2.08. The Hall–Kier alpha value is -2.90. The molecule has 8 heteroatoms. The number of hydrogen-bond donors (Lipinski definition) is 2. The lowest BCUT2D eigenvalue weighted by Crippen LogP contribution is -2.35. The summed E-state index contributed by atoms with van der Waals surface area (Å²) in [6, 6.07) is 7.23. The molecule has 0 atom stereocenters. The number of halogens is 1. The molecular formula is C15H16FN3O4. The van der Waals surface area contributed by atoms with Crippen molar-refractivity contribution in [2.45, 2.75) is 13.0 Å². The first kappa shape index (κ1) is 16.5. The molecule has 7 nitrogen and oxygen atoms in total. The van der Waals surface area contributed by atoms with Crippen LogP contribution in [0.1, 0.15) is 6.42 Å². The van der Waals surface area contributed by atoms with E-state index in [0.717, 1.165) is 10.6 Å². The summed E-state index contributed by atoms with van der Waals surface area (Å²) >= 11 is 0. The largest absolute Gasteiger partial charge is 0.490 e. The number of amides is 1. The van der Waals surface area contributed by atoms with Crippen molar-refractivity contribution in [2.24, 2.45) is 0 Å². The molecule has 1 heterocycles. The van der Waals surface area contributed by atoms with Gasteiger partial charge in [-0.25, -0.2) is 9.18 Å². The number of nitrogens with one attached hydrogen (secondary N) is 2. The van der Waals surface area contributed by atoms with Crippen LogP contribution in [-0.2, 0) is 11.3 Å². The number of H-pyrrole nitrogens is 1. The number of benzene rings is 1. The number of aromatic nitrogens is 2. The lowest BCUT2D eigenvalue weighted by molar-refractivity contribution is -0.121. The first-order valence-corrected chi connectivity index (χ1v) is 7.00. The summed E-state index contributed by atoms with van der Waals surface area (Å²) in [5, 5.41) is 2.61. The second-order valence-electron chi connectivity index (χ2n) is 4.72. The van der Waals surface area contributed by atoms with Crippen LogP contribution in [0.5, 0.6) is 5.75 Å². The van der Waals surface area contributed by atoms with Gasteiger partial charge in [0.05, 0.1) is 6.61 Å². The van der Waals surface area contributed by atoms with Crippen LogP contribution in [0.25, 0.3) is 0 Å². The van der Waals surface area contributed by atoms with Crippen molar-refractivity contribution in [1.82, 2.24) is 14.9 Å². The third-order valence-corrected chi connectivity index (χ3v) is 2.95. The SMILES string of the molecule is O=C(Cn1ccc(=O)[nH]c1=O)NCCCOc1ccccc1F. The Labute approximate surface area is 130 Å². The molecule has 0 saturated carbocycles. The highest BCUT2D eigenvalue weighted by Gasteiger charge is 2.05. The minimum absolute atomic E-state index is 0.165. The summed E-state index contributed by atoms with van der Waals surface area (Å²) in [5.74, 6) is -0.641. The fraction of sp³-hybridized carbons (Fsp3) is 0.267. The number of nitrogens with zero attached hydrogens (tertiary/aromatic N) is 1. The maximum atomic E-state index is 13.3. The Morgan fingerprint density at radius 3 is 2.78 bits per heavy atom. The summed E-state index contributed by atoms with van der Waals surface area (Å²) in [7, 11) is 0. The molecule has 122 valence electrons. The normalized spacial score (nSPS) is 10.3. The molecule has 1 amide bonds. The average Bonchev–Trinajstić information content (AvgIpc) is 2.51. The predicted octanol–water partition coefficient (Wildman–Crippen LogP) is 0.261. The van der Waals surface area contributed by atoms with Crippen molar-refractivity contribution in [2.75, 3.05) is 13.2 Å². The number of carbonyl (C=O) groups is 1. The predicted molar refractivity (Wildman–Crippen MR) is 80.8 cm³/mol. The first-order valence-electron chi connectivity index (χ1n) is 7.00. The van der Waals surface area contributed by atoms with Gasteiger partial charge in [-0.2, -0.15) is 0 Å². The highest BCUT2D eigenvalue weighted by atomic mass is 19.1. The molecule has 0 unspecified atom stereocenters. The van der Waals surface area contributed by atoms with E-state index in [1.165, 1.54) is 18.3 Å². The number of rotatable bonds is 7. The van der Waals surface area contributed by atoms with Crippen LogP contribution >= 0.6 is 0 Å². The summed E-state index contributed by atoms with van der Waals surface area (Å²) in [4.78, 5) is 36.0. The van der Waals surface area contributed by atoms with Crippen LogP contribution in [0.15, 0.2) is 46.1 Å². The quantitative estimate of drug-likeness (QED) is 0.716. The molecule has 1 aromatic carbocycles. The van der Waals surface area contributed by atoms with Crippen LogP contribution in [-0.4, -0.2) is 28.6 Å². The van der Waals surface area contributed by atoms with Crippen molar-refractivity contribution < 1.29 is 13.9 Å². The van der Waals surface area contributed by atoms with Crippen molar-refractivity contribution in [3.05, 3.63) is 63.2 Å². The standard InChI is InChI=1S/C15H16FN3O4/c16-11-4-1-2-5-12(11)23-9-3-7-17-14(21)10-19-8-6-13(20)18-15(19)22/h1-2,4-6,8H,3,7,9-10H2,(H,17,21)(H,18,20,22). The van der Waals surface area contributed by atoms with Crippen molar-refractivity contribution >= 4 is 5.91 Å². The average molecular weight is 321 g/mol. The Balaban J connectivity index is 1.70. The molecule has 23 heavy (non-hydrogen) atoms. The lowest BCUT2D eigenvalue weighted by atomic mass is 10.3. The molecule has 0 bridgehead atoms. The Morgan fingerprint density at radius 2 is 2.04 bits per heavy atom. The van der Waals surface area contributed by atoms with E-state index in [9.17, 15) is 18.8 Å². The van der Waals surface area contributed by atoms with Gasteiger partial charge in [0.2, 0.25) is 5.91 Å². The second kappa shape index (κ2) is 7.92. The van der Waals surface area contributed by atoms with Crippen LogP contribution in [0.3, 0.4) is 0 Å². The third kappa shape index (κ3) is 5.10. The summed E-state index contributed by atoms with van der Waals surface area (Å²) in [6.07, 6.45) is 1.74. The van der Waals surface area contributed by atoms with Gasteiger partial charge in [0, 0.05) is 18.8 Å². The third-order valence-electron chi connectivity index (χ3n) is 2.95. The second-order valence-corrected chi connectivity index (χ2v) is 4.72. The molecule has 0 aliphatic carbocycles. The molecule has 2 aromatic rings. The van der Waals surface area contributed by atoms with Gasteiger partial charge in [-0.15, -0.1) is 0 Å². The van der Waals surface area contributed by atoms with Gasteiger partial charge in [-0.05, 0) is 18.6 Å². The molecule has 1 aromatic heterocycles. The minimum atomic E-state index is -0.643. The van der Waals surface area contributed by atoms with Crippen LogP contribution in [0.2, 0.25) is 0 Å². The van der Waals surface area contributed by atoms with E-state index in [2.05, 4.69) is 10.3 Å². The fourth-order valence-electron chi connectivity index (χ4n) is 1.82. The topological polar surface area (TPSA) is 93.2 Å². The number of aromatic amines is 1. The minimum Gasteiger partial charge on any atom is -0.490 e. The van der Waals surface area contributed by atoms with Gasteiger partial charge < -0.3 is 10.1 Å². The zero-order chi connectivity index (χ0) is 16.7. The van der Waals surface area contributed by atoms with Crippen molar-refractivity contribution in [3.8, 4) is 5.75 Å². The number of hydrogen-bond acceptors (Lipinski definition) is 4. The molecule has 2 N–H and O–H groups in total. The van der Waals surface area contributed by atoms with E-state index in [1.54, 1.807) is 12.1 Å². The fourth-order valence-corrected chi connectivity index (χ4v) is 1.82. The van der Waals surface area contributed by atoms with Crippen LogP contribution in [0.4, 0.5) is 4.39 Å². The van der Waals surface area contributed by atoms with E-state index in [1.807, 2.05) is 0 Å². The van der Waals surface area contributed by atoms with Crippen molar-refractivity contribution in [1.29, 1.82) is 0 Å². The van der Waals surface area contributed by atoms with E-state index >= 15 is 0 Å². The molecule has 0 saturated heterocycles. The molecular weight excluding hydrogens is 305 g/mol. The highest BCUT2D eigenvalue weighted by molar-refractivity contribution is 5.75. The number of para-hydroxylation sites is 1. The Bertz CT molecular complexity index is 785. The van der Waals surface area contributed by atoms with Crippen LogP contribution in [0, 0.1) is 5.82 Å². The molecule has 0 radical (unpaired) electrons. The van der Waals surface area contributed by atoms with Gasteiger partial charge in [0.15, 0.2) is 11.6 Å². The first-order chi connectivity index (χ1) is 11.1. The molecule has 0 aliphatic heterocycles. The van der Waals surface area contributed by atoms with Gasteiger partial charge in [-0.3, -0.25) is 19.1 Å². The monoisotopic (exact) mass is 321 g/mol. The van der Waals surface area contributed by atoms with E-state index < -0.39 is 17.1 Å². The van der Waals surface area contributed by atoms with Gasteiger partial charge in [0.1, 0.15) is 6.54 Å². The molecule has 0 aliphatic rings. The van der Waals surface area contributed by atoms with Crippen molar-refractivity contribution in [3.63, 3.8) is 0 Å². The Kier molecular flexibility index (Phi) is 5.67. The summed E-state index contributed by atoms with van der Waals surface area (Å²) in [5.41, 5.74) is -1.16. The Morgan fingerprint density at radius 1 is 1.26 bits per heavy atom. The number of carbonyl (C=O) groups excluding carboxylic acids is 1. The zero-order valence-electron chi connectivity index (χ0n) is 12.3. The van der Waals surface area contributed by atoms with Gasteiger partial charge >= 0.3 is 5.69 Å². The van der Waals surface area contributed by atoms with E-state index in [-0.39, 0.29) is 24.8 Å². The molecule has 0 spiro atoms. The summed E-state index contributed by atoms with van der Waals surface area (Å²) in [6.45, 7) is 0.384.